The maximum atomic E-state index is 10.8. The first-order valence-corrected chi connectivity index (χ1v) is 6.91. The molecule has 3 N–H and O–H groups in total. The summed E-state index contributed by atoms with van der Waals surface area (Å²) in [5.41, 5.74) is 8.98. The van der Waals surface area contributed by atoms with E-state index in [1.54, 1.807) is 0 Å². The van der Waals surface area contributed by atoms with Gasteiger partial charge in [0.15, 0.2) is 0 Å². The predicted octanol–water partition coefficient (Wildman–Crippen LogP) is 1.94. The molecule has 0 radical (unpaired) electrons. The molecule has 0 saturated carbocycles. The van der Waals surface area contributed by atoms with Crippen LogP contribution in [-0.2, 0) is 11.2 Å². The molecule has 1 fully saturated rings. The molecule has 0 amide bonds. The number of piperidine rings is 1. The van der Waals surface area contributed by atoms with Gasteiger partial charge in [-0.05, 0) is 55.9 Å². The molecule has 1 saturated heterocycles. The monoisotopic (exact) mass is 262 g/mol. The fraction of sp³-hybridized carbons (Fsp3) is 0.533. The molecule has 0 aliphatic carbocycles. The molecule has 1 atom stereocenters. The third kappa shape index (κ3) is 3.47. The number of carboxylic acids is 1. The summed E-state index contributed by atoms with van der Waals surface area (Å²) < 4.78 is 0. The zero-order chi connectivity index (χ0) is 13.8. The van der Waals surface area contributed by atoms with Crippen LogP contribution < -0.4 is 10.6 Å². The number of nitrogens with two attached hydrogens (primary N) is 1. The van der Waals surface area contributed by atoms with Gasteiger partial charge < -0.3 is 15.7 Å². The Morgan fingerprint density at radius 3 is 2.63 bits per heavy atom. The third-order valence-electron chi connectivity index (χ3n) is 3.80. The average Bonchev–Trinajstić information content (AvgIpc) is 2.41. The average molecular weight is 262 g/mol. The first-order chi connectivity index (χ1) is 9.08. The molecular formula is C15H22N2O2. The van der Waals surface area contributed by atoms with Crippen LogP contribution in [0.2, 0.25) is 0 Å². The number of aryl methyl sites for hydroxylation is 1. The summed E-state index contributed by atoms with van der Waals surface area (Å²) in [6.45, 7) is 4.26. The molecule has 1 unspecified atom stereocenters. The number of rotatable bonds is 4. The van der Waals surface area contributed by atoms with E-state index < -0.39 is 12.0 Å². The molecular weight excluding hydrogens is 240 g/mol. The molecule has 1 aromatic carbocycles. The van der Waals surface area contributed by atoms with E-state index >= 15 is 0 Å². The lowest BCUT2D eigenvalue weighted by molar-refractivity contribution is -0.138. The van der Waals surface area contributed by atoms with Crippen LogP contribution in [0.1, 0.15) is 30.4 Å². The number of hydrogen-bond acceptors (Lipinski definition) is 3. The first kappa shape index (κ1) is 13.9. The minimum absolute atomic E-state index is 0.390. The lowest BCUT2D eigenvalue weighted by atomic mass is 10.00. The van der Waals surface area contributed by atoms with Crippen molar-refractivity contribution in [3.05, 3.63) is 29.3 Å². The Bertz CT molecular complexity index is 453. The van der Waals surface area contributed by atoms with Crippen molar-refractivity contribution in [3.8, 4) is 0 Å². The van der Waals surface area contributed by atoms with Crippen molar-refractivity contribution < 1.29 is 9.90 Å². The second-order valence-corrected chi connectivity index (χ2v) is 5.31. The molecule has 1 aromatic rings. The number of nitrogens with zero attached hydrogens (tertiary/aromatic N) is 1. The minimum atomic E-state index is -0.945. The van der Waals surface area contributed by atoms with Gasteiger partial charge in [-0.3, -0.25) is 4.79 Å². The second kappa shape index (κ2) is 6.06. The Kier molecular flexibility index (Phi) is 4.43. The number of carboxylic acid groups (broad SMARTS) is 1. The molecule has 1 aliphatic heterocycles. The summed E-state index contributed by atoms with van der Waals surface area (Å²) in [5.74, 6) is -0.945. The van der Waals surface area contributed by atoms with Gasteiger partial charge in [0, 0.05) is 18.8 Å². The van der Waals surface area contributed by atoms with E-state index in [4.69, 9.17) is 10.8 Å². The first-order valence-electron chi connectivity index (χ1n) is 6.91. The molecule has 1 aliphatic rings. The smallest absolute Gasteiger partial charge is 0.320 e. The molecule has 4 heteroatoms. The molecule has 4 nitrogen and oxygen atoms in total. The van der Waals surface area contributed by atoms with Gasteiger partial charge in [-0.1, -0.05) is 6.07 Å². The summed E-state index contributed by atoms with van der Waals surface area (Å²) in [7, 11) is 0. The van der Waals surface area contributed by atoms with Gasteiger partial charge in [0.1, 0.15) is 6.04 Å². The van der Waals surface area contributed by atoms with Crippen LogP contribution in [-0.4, -0.2) is 30.2 Å². The number of hydrogen-bond donors (Lipinski definition) is 2. The summed E-state index contributed by atoms with van der Waals surface area (Å²) in [6, 6.07) is 5.43. The Hall–Kier alpha value is -1.55. The van der Waals surface area contributed by atoms with Crippen LogP contribution in [0.4, 0.5) is 5.69 Å². The highest BCUT2D eigenvalue weighted by Gasteiger charge is 2.15. The maximum absolute atomic E-state index is 10.8. The van der Waals surface area contributed by atoms with Crippen LogP contribution in [0.15, 0.2) is 18.2 Å². The van der Waals surface area contributed by atoms with Crippen molar-refractivity contribution in [1.29, 1.82) is 0 Å². The van der Waals surface area contributed by atoms with Gasteiger partial charge in [0.05, 0.1) is 0 Å². The van der Waals surface area contributed by atoms with E-state index in [2.05, 4.69) is 17.0 Å². The van der Waals surface area contributed by atoms with Crippen LogP contribution in [0.25, 0.3) is 0 Å². The fourth-order valence-electron chi connectivity index (χ4n) is 2.58. The molecule has 0 bridgehead atoms. The molecule has 2 rings (SSSR count). The zero-order valence-corrected chi connectivity index (χ0v) is 11.4. The van der Waals surface area contributed by atoms with E-state index in [0.29, 0.717) is 6.42 Å². The zero-order valence-electron chi connectivity index (χ0n) is 11.4. The van der Waals surface area contributed by atoms with Crippen LogP contribution in [0.3, 0.4) is 0 Å². The van der Waals surface area contributed by atoms with Crippen molar-refractivity contribution in [2.75, 3.05) is 18.0 Å². The van der Waals surface area contributed by atoms with Gasteiger partial charge >= 0.3 is 5.97 Å². The largest absolute Gasteiger partial charge is 0.480 e. The highest BCUT2D eigenvalue weighted by molar-refractivity contribution is 5.73. The van der Waals surface area contributed by atoms with Crippen molar-refractivity contribution >= 4 is 11.7 Å². The highest BCUT2D eigenvalue weighted by atomic mass is 16.4. The normalized spacial score (nSPS) is 17.3. The van der Waals surface area contributed by atoms with E-state index in [1.165, 1.54) is 24.9 Å². The third-order valence-corrected chi connectivity index (χ3v) is 3.80. The van der Waals surface area contributed by atoms with Gasteiger partial charge in [-0.25, -0.2) is 0 Å². The van der Waals surface area contributed by atoms with Crippen molar-refractivity contribution in [1.82, 2.24) is 0 Å². The molecule has 1 heterocycles. The van der Waals surface area contributed by atoms with Crippen LogP contribution in [0.5, 0.6) is 0 Å². The summed E-state index contributed by atoms with van der Waals surface area (Å²) in [5, 5.41) is 8.86. The number of carbonyl (C=O) groups is 1. The number of anilines is 1. The Balaban J connectivity index is 2.10. The van der Waals surface area contributed by atoms with E-state index in [9.17, 15) is 4.79 Å². The van der Waals surface area contributed by atoms with Crippen molar-refractivity contribution in [2.45, 2.75) is 38.6 Å². The van der Waals surface area contributed by atoms with Crippen molar-refractivity contribution in [2.24, 2.45) is 5.73 Å². The van der Waals surface area contributed by atoms with E-state index in [-0.39, 0.29) is 0 Å². The minimum Gasteiger partial charge on any atom is -0.480 e. The van der Waals surface area contributed by atoms with Crippen LogP contribution in [0, 0.1) is 6.92 Å². The van der Waals surface area contributed by atoms with E-state index in [1.807, 2.05) is 13.0 Å². The fourth-order valence-corrected chi connectivity index (χ4v) is 2.58. The maximum Gasteiger partial charge on any atom is 0.320 e. The molecule has 0 spiro atoms. The van der Waals surface area contributed by atoms with Gasteiger partial charge in [-0.15, -0.1) is 0 Å². The molecule has 0 aromatic heterocycles. The molecule has 19 heavy (non-hydrogen) atoms. The quantitative estimate of drug-likeness (QED) is 0.870. The highest BCUT2D eigenvalue weighted by Crippen LogP contribution is 2.23. The number of benzene rings is 1. The second-order valence-electron chi connectivity index (χ2n) is 5.31. The molecule has 104 valence electrons. The lowest BCUT2D eigenvalue weighted by Gasteiger charge is -2.29. The summed E-state index contributed by atoms with van der Waals surface area (Å²) in [6.07, 6.45) is 4.22. The summed E-state index contributed by atoms with van der Waals surface area (Å²) in [4.78, 5) is 13.2. The Labute approximate surface area is 114 Å². The van der Waals surface area contributed by atoms with Crippen LogP contribution >= 0.6 is 0 Å². The summed E-state index contributed by atoms with van der Waals surface area (Å²) >= 11 is 0. The topological polar surface area (TPSA) is 66.6 Å². The Morgan fingerprint density at radius 2 is 2.05 bits per heavy atom. The van der Waals surface area contributed by atoms with E-state index in [0.717, 1.165) is 24.2 Å². The van der Waals surface area contributed by atoms with Gasteiger partial charge in [0.2, 0.25) is 0 Å². The number of aliphatic carboxylic acids is 1. The lowest BCUT2D eigenvalue weighted by Crippen LogP contribution is -2.32. The predicted molar refractivity (Wildman–Crippen MR) is 76.6 cm³/mol. The SMILES string of the molecule is Cc1cc(N2CCCCC2)ccc1CC(N)C(=O)O. The van der Waals surface area contributed by atoms with Gasteiger partial charge in [-0.2, -0.15) is 0 Å². The Morgan fingerprint density at radius 1 is 1.37 bits per heavy atom. The standard InChI is InChI=1S/C15H22N2O2/c1-11-9-13(17-7-3-2-4-8-17)6-5-12(11)10-14(16)15(18)19/h5-6,9,14H,2-4,7-8,10,16H2,1H3,(H,18,19). The van der Waals surface area contributed by atoms with Crippen molar-refractivity contribution in [3.63, 3.8) is 0 Å². The van der Waals surface area contributed by atoms with Gasteiger partial charge in [0.25, 0.3) is 0 Å².